The van der Waals surface area contributed by atoms with Gasteiger partial charge in [0, 0.05) is 19.1 Å². The summed E-state index contributed by atoms with van der Waals surface area (Å²) < 4.78 is 24.2. The minimum Gasteiger partial charge on any atom is -0.366 e. The largest absolute Gasteiger partial charge is 0.366 e. The Kier molecular flexibility index (Phi) is 3.92. The second-order valence-electron chi connectivity index (χ2n) is 4.58. The summed E-state index contributed by atoms with van der Waals surface area (Å²) in [5.74, 6) is 0.130. The maximum Gasteiger partial charge on any atom is 0.180 e. The minimum atomic E-state index is -3.18. The van der Waals surface area contributed by atoms with Gasteiger partial charge in [0.25, 0.3) is 0 Å². The second-order valence-corrected chi connectivity index (χ2v) is 6.83. The molecule has 0 spiro atoms. The van der Waals surface area contributed by atoms with E-state index in [0.29, 0.717) is 24.0 Å². The number of anilines is 1. The third kappa shape index (κ3) is 2.67. The molecule has 2 rings (SSSR count). The van der Waals surface area contributed by atoms with Crippen LogP contribution in [0.2, 0.25) is 0 Å². The van der Waals surface area contributed by atoms with E-state index in [0.717, 1.165) is 18.5 Å². The van der Waals surface area contributed by atoms with E-state index in [9.17, 15) is 8.42 Å². The molecule has 1 aliphatic rings. The first kappa shape index (κ1) is 13.4. The standard InChI is InChI=1S/C13H20N2O2S/c1-2-18(16,17)13-6-4-3-5-12(13)15(10-9-14)11-7-8-11/h3-6,11H,2,7-10,14H2,1H3. The van der Waals surface area contributed by atoms with Crippen LogP contribution in [0.5, 0.6) is 0 Å². The summed E-state index contributed by atoms with van der Waals surface area (Å²) in [6.45, 7) is 2.93. The maximum atomic E-state index is 12.1. The summed E-state index contributed by atoms with van der Waals surface area (Å²) >= 11 is 0. The van der Waals surface area contributed by atoms with Gasteiger partial charge in [0.2, 0.25) is 0 Å². The molecular weight excluding hydrogens is 248 g/mol. The van der Waals surface area contributed by atoms with Gasteiger partial charge in [-0.3, -0.25) is 0 Å². The van der Waals surface area contributed by atoms with Crippen molar-refractivity contribution >= 4 is 15.5 Å². The molecule has 0 radical (unpaired) electrons. The van der Waals surface area contributed by atoms with Gasteiger partial charge in [-0.1, -0.05) is 19.1 Å². The number of para-hydroxylation sites is 1. The van der Waals surface area contributed by atoms with Crippen LogP contribution >= 0.6 is 0 Å². The molecule has 1 aliphatic carbocycles. The molecule has 0 aromatic heterocycles. The predicted octanol–water partition coefficient (Wildman–Crippen LogP) is 1.41. The molecule has 0 unspecified atom stereocenters. The molecule has 0 aliphatic heterocycles. The van der Waals surface area contributed by atoms with E-state index in [1.54, 1.807) is 19.1 Å². The first-order valence-electron chi connectivity index (χ1n) is 6.38. The van der Waals surface area contributed by atoms with Crippen molar-refractivity contribution in [1.29, 1.82) is 0 Å². The van der Waals surface area contributed by atoms with E-state index in [4.69, 9.17) is 5.73 Å². The molecule has 0 atom stereocenters. The van der Waals surface area contributed by atoms with Gasteiger partial charge in [-0.15, -0.1) is 0 Å². The third-order valence-electron chi connectivity index (χ3n) is 3.25. The molecule has 0 heterocycles. The van der Waals surface area contributed by atoms with Gasteiger partial charge in [-0.25, -0.2) is 8.42 Å². The highest BCUT2D eigenvalue weighted by atomic mass is 32.2. The van der Waals surface area contributed by atoms with Crippen LogP contribution in [0.4, 0.5) is 5.69 Å². The number of rotatable bonds is 6. The fourth-order valence-corrected chi connectivity index (χ4v) is 3.24. The summed E-state index contributed by atoms with van der Waals surface area (Å²) in [5, 5.41) is 0. The van der Waals surface area contributed by atoms with Crippen molar-refractivity contribution in [3.63, 3.8) is 0 Å². The maximum absolute atomic E-state index is 12.1. The van der Waals surface area contributed by atoms with Crippen molar-refractivity contribution < 1.29 is 8.42 Å². The number of nitrogens with two attached hydrogens (primary N) is 1. The molecular formula is C13H20N2O2S. The molecule has 0 saturated heterocycles. The summed E-state index contributed by atoms with van der Waals surface area (Å²) in [4.78, 5) is 2.58. The van der Waals surface area contributed by atoms with Crippen LogP contribution in [0.15, 0.2) is 29.2 Å². The molecule has 4 nitrogen and oxygen atoms in total. The number of nitrogens with zero attached hydrogens (tertiary/aromatic N) is 1. The monoisotopic (exact) mass is 268 g/mol. The van der Waals surface area contributed by atoms with E-state index in [2.05, 4.69) is 4.90 Å². The molecule has 5 heteroatoms. The van der Waals surface area contributed by atoms with Gasteiger partial charge in [0.15, 0.2) is 9.84 Å². The van der Waals surface area contributed by atoms with Crippen LogP contribution in [0, 0.1) is 0 Å². The average molecular weight is 268 g/mol. The quantitative estimate of drug-likeness (QED) is 0.847. The lowest BCUT2D eigenvalue weighted by Gasteiger charge is -2.26. The Balaban J connectivity index is 2.43. The molecule has 1 saturated carbocycles. The van der Waals surface area contributed by atoms with Crippen molar-refractivity contribution in [1.82, 2.24) is 0 Å². The minimum absolute atomic E-state index is 0.130. The lowest BCUT2D eigenvalue weighted by Crippen LogP contribution is -2.32. The summed E-state index contributed by atoms with van der Waals surface area (Å²) in [6.07, 6.45) is 2.25. The SMILES string of the molecule is CCS(=O)(=O)c1ccccc1N(CCN)C1CC1. The zero-order valence-electron chi connectivity index (χ0n) is 10.7. The molecule has 1 aromatic carbocycles. The smallest absolute Gasteiger partial charge is 0.180 e. The topological polar surface area (TPSA) is 63.4 Å². The normalized spacial score (nSPS) is 15.7. The number of hydrogen-bond acceptors (Lipinski definition) is 4. The second kappa shape index (κ2) is 5.28. The molecule has 18 heavy (non-hydrogen) atoms. The molecule has 1 fully saturated rings. The van der Waals surface area contributed by atoms with Crippen molar-refractivity contribution in [3.8, 4) is 0 Å². The van der Waals surface area contributed by atoms with Gasteiger partial charge >= 0.3 is 0 Å². The number of sulfone groups is 1. The van der Waals surface area contributed by atoms with E-state index < -0.39 is 9.84 Å². The summed E-state index contributed by atoms with van der Waals surface area (Å²) in [5.41, 5.74) is 6.45. The van der Waals surface area contributed by atoms with Crippen LogP contribution in [0.3, 0.4) is 0 Å². The van der Waals surface area contributed by atoms with E-state index >= 15 is 0 Å². The molecule has 2 N–H and O–H groups in total. The fourth-order valence-electron chi connectivity index (χ4n) is 2.14. The van der Waals surface area contributed by atoms with Crippen molar-refractivity contribution in [3.05, 3.63) is 24.3 Å². The number of benzene rings is 1. The molecule has 1 aromatic rings. The lowest BCUT2D eigenvalue weighted by atomic mass is 10.2. The Hall–Kier alpha value is -1.07. The van der Waals surface area contributed by atoms with Crippen molar-refractivity contribution in [2.45, 2.75) is 30.7 Å². The van der Waals surface area contributed by atoms with Crippen molar-refractivity contribution in [2.75, 3.05) is 23.7 Å². The lowest BCUT2D eigenvalue weighted by molar-refractivity contribution is 0.596. The Morgan fingerprint density at radius 1 is 1.33 bits per heavy atom. The van der Waals surface area contributed by atoms with Crippen molar-refractivity contribution in [2.24, 2.45) is 5.73 Å². The molecule has 0 amide bonds. The van der Waals surface area contributed by atoms with Crippen LogP contribution in [0.1, 0.15) is 19.8 Å². The highest BCUT2D eigenvalue weighted by molar-refractivity contribution is 7.91. The van der Waals surface area contributed by atoms with Gasteiger partial charge in [-0.2, -0.15) is 0 Å². The summed E-state index contributed by atoms with van der Waals surface area (Å²) in [7, 11) is -3.18. The Morgan fingerprint density at radius 2 is 2.00 bits per heavy atom. The zero-order valence-corrected chi connectivity index (χ0v) is 11.5. The van der Waals surface area contributed by atoms with Crippen LogP contribution in [0.25, 0.3) is 0 Å². The Morgan fingerprint density at radius 3 is 2.56 bits per heavy atom. The number of hydrogen-bond donors (Lipinski definition) is 1. The van der Waals surface area contributed by atoms with Gasteiger partial charge < -0.3 is 10.6 Å². The first-order chi connectivity index (χ1) is 8.60. The van der Waals surface area contributed by atoms with Gasteiger partial charge in [-0.05, 0) is 25.0 Å². The molecule has 100 valence electrons. The van der Waals surface area contributed by atoms with Crippen LogP contribution < -0.4 is 10.6 Å². The van der Waals surface area contributed by atoms with E-state index in [1.807, 2.05) is 12.1 Å². The summed E-state index contributed by atoms with van der Waals surface area (Å²) in [6, 6.07) is 7.70. The first-order valence-corrected chi connectivity index (χ1v) is 8.04. The zero-order chi connectivity index (χ0) is 13.2. The van der Waals surface area contributed by atoms with Gasteiger partial charge in [0.05, 0.1) is 16.3 Å². The van der Waals surface area contributed by atoms with E-state index in [1.165, 1.54) is 0 Å². The highest BCUT2D eigenvalue weighted by Crippen LogP contribution is 2.35. The third-order valence-corrected chi connectivity index (χ3v) is 5.02. The van der Waals surface area contributed by atoms with E-state index in [-0.39, 0.29) is 5.75 Å². The fraction of sp³-hybridized carbons (Fsp3) is 0.538. The average Bonchev–Trinajstić information content (AvgIpc) is 3.20. The predicted molar refractivity (Wildman–Crippen MR) is 73.6 cm³/mol. The highest BCUT2D eigenvalue weighted by Gasteiger charge is 2.31. The Bertz CT molecular complexity index is 509. The van der Waals surface area contributed by atoms with Gasteiger partial charge in [0.1, 0.15) is 0 Å². The molecule has 0 bridgehead atoms. The van der Waals surface area contributed by atoms with Crippen LogP contribution in [-0.2, 0) is 9.84 Å². The van der Waals surface area contributed by atoms with Crippen LogP contribution in [-0.4, -0.2) is 33.3 Å². The Labute approximate surface area is 109 Å².